The molecule has 0 saturated heterocycles. The van der Waals surface area contributed by atoms with Crippen LogP contribution < -0.4 is 10.4 Å². The van der Waals surface area contributed by atoms with Crippen LogP contribution in [0.2, 0.25) is 0 Å². The van der Waals surface area contributed by atoms with Crippen LogP contribution in [0.1, 0.15) is 0 Å². The van der Waals surface area contributed by atoms with Gasteiger partial charge in [-0.25, -0.2) is 0 Å². The summed E-state index contributed by atoms with van der Waals surface area (Å²) in [6, 6.07) is 20.3. The molecule has 0 nitrogen and oxygen atoms in total. The minimum atomic E-state index is -2.40. The molecule has 0 aliphatic rings. The molecule has 0 fully saturated rings. The third-order valence-corrected chi connectivity index (χ3v) is 6.59. The molecule has 83 valence electrons. The number of terminal acetylenes is 1. The SMILES string of the molecule is C#C[Si](C#C[Si])(c1ccccc1)c1ccccc1. The largest absolute Gasteiger partial charge is 0.274 e. The molecular formula is C16H11Si2. The molecule has 3 radical (unpaired) electrons. The van der Waals surface area contributed by atoms with Crippen molar-refractivity contribution in [2.75, 3.05) is 0 Å². The Balaban J connectivity index is 2.69. The average Bonchev–Trinajstić information content (AvgIpc) is 2.47. The number of rotatable bonds is 2. The molecule has 0 unspecified atom stereocenters. The molecule has 0 aliphatic carbocycles. The molecule has 0 heterocycles. The van der Waals surface area contributed by atoms with Crippen molar-refractivity contribution in [3.8, 4) is 23.1 Å². The van der Waals surface area contributed by atoms with Crippen molar-refractivity contribution >= 4 is 28.7 Å². The van der Waals surface area contributed by atoms with Gasteiger partial charge in [-0.3, -0.25) is 0 Å². The molecule has 2 aromatic carbocycles. The smallest absolute Gasteiger partial charge is 0.143 e. The van der Waals surface area contributed by atoms with Gasteiger partial charge in [-0.1, -0.05) is 60.7 Å². The number of hydrogen-bond acceptors (Lipinski definition) is 0. The quantitative estimate of drug-likeness (QED) is 0.559. The van der Waals surface area contributed by atoms with E-state index in [1.807, 2.05) is 36.4 Å². The Labute approximate surface area is 112 Å². The lowest BCUT2D eigenvalue weighted by Crippen LogP contribution is -2.56. The van der Waals surface area contributed by atoms with Crippen molar-refractivity contribution in [3.05, 3.63) is 60.7 Å². The summed E-state index contributed by atoms with van der Waals surface area (Å²) in [4.78, 5) is 0. The maximum absolute atomic E-state index is 5.85. The summed E-state index contributed by atoms with van der Waals surface area (Å²) >= 11 is 0. The molecular weight excluding hydrogens is 248 g/mol. The lowest BCUT2D eigenvalue weighted by molar-refractivity contribution is 1.72. The first-order chi connectivity index (χ1) is 8.83. The molecule has 18 heavy (non-hydrogen) atoms. The Hall–Kier alpha value is -2.01. The van der Waals surface area contributed by atoms with Crippen molar-refractivity contribution in [1.29, 1.82) is 0 Å². The van der Waals surface area contributed by atoms with Gasteiger partial charge in [-0.15, -0.1) is 23.1 Å². The third-order valence-electron chi connectivity index (χ3n) is 2.88. The molecule has 2 aromatic rings. The maximum atomic E-state index is 5.85. The molecule has 0 aliphatic heterocycles. The highest BCUT2D eigenvalue weighted by molar-refractivity contribution is 7.13. The Morgan fingerprint density at radius 2 is 1.28 bits per heavy atom. The van der Waals surface area contributed by atoms with Crippen LogP contribution >= 0.6 is 0 Å². The Kier molecular flexibility index (Phi) is 3.84. The summed E-state index contributed by atoms with van der Waals surface area (Å²) in [6.07, 6.45) is 5.85. The van der Waals surface area contributed by atoms with Crippen LogP contribution in [0, 0.1) is 23.1 Å². The van der Waals surface area contributed by atoms with Crippen molar-refractivity contribution in [2.45, 2.75) is 0 Å². The summed E-state index contributed by atoms with van der Waals surface area (Å²) in [5, 5.41) is 2.29. The normalized spacial score (nSPS) is 10.0. The Morgan fingerprint density at radius 1 is 0.833 bits per heavy atom. The van der Waals surface area contributed by atoms with E-state index in [4.69, 9.17) is 6.42 Å². The van der Waals surface area contributed by atoms with Crippen molar-refractivity contribution in [1.82, 2.24) is 0 Å². The van der Waals surface area contributed by atoms with Gasteiger partial charge in [-0.2, -0.15) is 0 Å². The zero-order valence-electron chi connectivity index (χ0n) is 9.85. The van der Waals surface area contributed by atoms with Crippen LogP contribution in [0.25, 0.3) is 0 Å². The third kappa shape index (κ3) is 2.17. The van der Waals surface area contributed by atoms with E-state index in [0.29, 0.717) is 0 Å². The van der Waals surface area contributed by atoms with Gasteiger partial charge in [0, 0.05) is 0 Å². The van der Waals surface area contributed by atoms with Gasteiger partial charge in [-0.05, 0) is 10.4 Å². The fourth-order valence-corrected chi connectivity index (χ4v) is 5.15. The van der Waals surface area contributed by atoms with Gasteiger partial charge in [0.15, 0.2) is 0 Å². The van der Waals surface area contributed by atoms with Gasteiger partial charge in [0.2, 0.25) is 0 Å². The second-order valence-corrected chi connectivity index (χ2v) is 7.32. The summed E-state index contributed by atoms with van der Waals surface area (Å²) in [5.41, 5.74) is 9.06. The van der Waals surface area contributed by atoms with E-state index in [9.17, 15) is 0 Å². The second-order valence-electron chi connectivity index (χ2n) is 3.88. The van der Waals surface area contributed by atoms with Gasteiger partial charge in [0.25, 0.3) is 8.07 Å². The topological polar surface area (TPSA) is 0 Å². The number of hydrogen-bond donors (Lipinski definition) is 0. The van der Waals surface area contributed by atoms with Gasteiger partial charge < -0.3 is 0 Å². The summed E-state index contributed by atoms with van der Waals surface area (Å²) in [5.74, 6) is 0. The van der Waals surface area contributed by atoms with E-state index in [0.717, 1.165) is 10.4 Å². The zero-order chi connectivity index (χ0) is 12.8. The molecule has 2 heteroatoms. The minimum Gasteiger partial charge on any atom is -0.143 e. The van der Waals surface area contributed by atoms with E-state index in [1.54, 1.807) is 0 Å². The van der Waals surface area contributed by atoms with E-state index < -0.39 is 8.07 Å². The monoisotopic (exact) mass is 259 g/mol. The lowest BCUT2D eigenvalue weighted by Gasteiger charge is -2.20. The summed E-state index contributed by atoms with van der Waals surface area (Å²) < 4.78 is 0. The molecule has 0 aromatic heterocycles. The van der Waals surface area contributed by atoms with Crippen LogP contribution in [-0.4, -0.2) is 18.3 Å². The fourth-order valence-electron chi connectivity index (χ4n) is 1.98. The molecule has 0 bridgehead atoms. The van der Waals surface area contributed by atoms with Crippen molar-refractivity contribution < 1.29 is 0 Å². The molecule has 0 N–H and O–H groups in total. The highest BCUT2D eigenvalue weighted by Gasteiger charge is 2.33. The Morgan fingerprint density at radius 3 is 1.61 bits per heavy atom. The van der Waals surface area contributed by atoms with E-state index in [1.165, 1.54) is 0 Å². The van der Waals surface area contributed by atoms with E-state index in [-0.39, 0.29) is 0 Å². The lowest BCUT2D eigenvalue weighted by atomic mass is 10.4. The highest BCUT2D eigenvalue weighted by Crippen LogP contribution is 2.03. The zero-order valence-corrected chi connectivity index (χ0v) is 11.9. The first kappa shape index (κ1) is 12.5. The molecule has 0 amide bonds. The van der Waals surface area contributed by atoms with Crippen LogP contribution in [0.5, 0.6) is 0 Å². The van der Waals surface area contributed by atoms with Gasteiger partial charge in [0.1, 0.15) is 10.2 Å². The minimum absolute atomic E-state index is 1.14. The molecule has 2 rings (SSSR count). The standard InChI is InChI=1S/C16H11Si2/c1-2-18(14-13-17,15-9-5-3-6-10-15)16-11-7-4-8-12-16/h1,3-12H. The predicted octanol–water partition coefficient (Wildman–Crippen LogP) is 1.09. The average molecular weight is 259 g/mol. The molecule has 0 atom stereocenters. The second kappa shape index (κ2) is 5.55. The van der Waals surface area contributed by atoms with Crippen molar-refractivity contribution in [3.63, 3.8) is 0 Å². The maximum Gasteiger partial charge on any atom is 0.274 e. The Bertz CT molecular complexity index is 573. The fraction of sp³-hybridized carbons (Fsp3) is 0. The molecule has 0 spiro atoms. The van der Waals surface area contributed by atoms with Crippen LogP contribution in [0.3, 0.4) is 0 Å². The summed E-state index contributed by atoms with van der Waals surface area (Å²) in [7, 11) is 0.845. The number of benzene rings is 2. The van der Waals surface area contributed by atoms with E-state index >= 15 is 0 Å². The highest BCUT2D eigenvalue weighted by atomic mass is 28.3. The van der Waals surface area contributed by atoms with Crippen molar-refractivity contribution in [2.24, 2.45) is 0 Å². The summed E-state index contributed by atoms with van der Waals surface area (Å²) in [6.45, 7) is 0. The van der Waals surface area contributed by atoms with Gasteiger partial charge >= 0.3 is 0 Å². The first-order valence-corrected chi connectivity index (χ1v) is 8.11. The first-order valence-electron chi connectivity index (χ1n) is 5.61. The van der Waals surface area contributed by atoms with Crippen LogP contribution in [0.15, 0.2) is 60.7 Å². The van der Waals surface area contributed by atoms with E-state index in [2.05, 4.69) is 51.1 Å². The van der Waals surface area contributed by atoms with Gasteiger partial charge in [0.05, 0.1) is 0 Å². The van der Waals surface area contributed by atoms with Crippen LogP contribution in [-0.2, 0) is 0 Å². The van der Waals surface area contributed by atoms with Crippen LogP contribution in [0.4, 0.5) is 0 Å². The molecule has 0 saturated carbocycles. The predicted molar refractivity (Wildman–Crippen MR) is 80.3 cm³/mol.